The summed E-state index contributed by atoms with van der Waals surface area (Å²) in [6.07, 6.45) is -0.420. The molecule has 1 N–H and O–H groups in total. The number of benzene rings is 2. The van der Waals surface area contributed by atoms with Gasteiger partial charge in [-0.25, -0.2) is 17.8 Å². The molecule has 0 bridgehead atoms. The highest BCUT2D eigenvalue weighted by Crippen LogP contribution is 2.27. The number of fused-ring (bicyclic) bond motifs is 1. The van der Waals surface area contributed by atoms with Crippen LogP contribution in [0.25, 0.3) is 5.57 Å². The van der Waals surface area contributed by atoms with E-state index in [9.17, 15) is 22.7 Å². The number of rotatable bonds is 6. The van der Waals surface area contributed by atoms with Crippen molar-refractivity contribution in [2.24, 2.45) is 4.99 Å². The summed E-state index contributed by atoms with van der Waals surface area (Å²) in [6.45, 7) is 3.54. The van der Waals surface area contributed by atoms with Crippen LogP contribution in [-0.4, -0.2) is 37.6 Å². The fraction of sp³-hybridized carbons (Fsp3) is 0.208. The SMILES string of the molecule is Cc1cccc(N(C)c2ccc(S(=O)(=O)c3c(F)ccc4c3=C(CC(=O)O)C(C)N=4)cc2)n1. The topological polar surface area (TPSA) is 99.9 Å². The largest absolute Gasteiger partial charge is 0.481 e. The number of halogens is 1. The number of nitrogens with zero attached hydrogens (tertiary/aromatic N) is 3. The van der Waals surface area contributed by atoms with E-state index >= 15 is 0 Å². The number of aliphatic carboxylic acids is 1. The number of aromatic nitrogens is 1. The van der Waals surface area contributed by atoms with Gasteiger partial charge in [-0.2, -0.15) is 0 Å². The number of hydrogen-bond donors (Lipinski definition) is 1. The van der Waals surface area contributed by atoms with Gasteiger partial charge < -0.3 is 10.0 Å². The Bertz CT molecular complexity index is 1490. The van der Waals surface area contributed by atoms with Gasteiger partial charge in [0.2, 0.25) is 9.84 Å². The van der Waals surface area contributed by atoms with Gasteiger partial charge in [0.15, 0.2) is 0 Å². The molecular weight excluding hydrogens is 445 g/mol. The maximum Gasteiger partial charge on any atom is 0.307 e. The average molecular weight is 468 g/mol. The van der Waals surface area contributed by atoms with Gasteiger partial charge in [0.25, 0.3) is 0 Å². The quantitative estimate of drug-likeness (QED) is 0.599. The molecule has 0 spiro atoms. The first-order valence-electron chi connectivity index (χ1n) is 10.2. The summed E-state index contributed by atoms with van der Waals surface area (Å²) in [4.78, 5) is 21.3. The molecule has 0 aliphatic carbocycles. The van der Waals surface area contributed by atoms with E-state index in [-0.39, 0.29) is 21.0 Å². The van der Waals surface area contributed by atoms with Crippen LogP contribution in [0.1, 0.15) is 19.0 Å². The van der Waals surface area contributed by atoms with Gasteiger partial charge in [0.1, 0.15) is 16.5 Å². The minimum absolute atomic E-state index is 0.0510. The highest BCUT2D eigenvalue weighted by molar-refractivity contribution is 7.91. The second-order valence-corrected chi connectivity index (χ2v) is 9.75. The summed E-state index contributed by atoms with van der Waals surface area (Å²) >= 11 is 0. The summed E-state index contributed by atoms with van der Waals surface area (Å²) in [6, 6.07) is 13.5. The molecule has 3 aromatic rings. The van der Waals surface area contributed by atoms with Crippen LogP contribution in [0.15, 0.2) is 69.4 Å². The van der Waals surface area contributed by atoms with Gasteiger partial charge in [0, 0.05) is 23.6 Å². The Labute approximate surface area is 190 Å². The van der Waals surface area contributed by atoms with Gasteiger partial charge in [-0.3, -0.25) is 9.79 Å². The smallest absolute Gasteiger partial charge is 0.307 e. The summed E-state index contributed by atoms with van der Waals surface area (Å²) in [5.74, 6) is -1.38. The number of carboxylic acids is 1. The molecule has 2 aromatic carbocycles. The van der Waals surface area contributed by atoms with Crippen LogP contribution in [-0.2, 0) is 14.6 Å². The van der Waals surface area contributed by atoms with Crippen molar-refractivity contribution in [2.45, 2.75) is 36.1 Å². The maximum absolute atomic E-state index is 14.9. The molecule has 1 atom stereocenters. The number of aryl methyl sites for hydroxylation is 1. The number of anilines is 2. The zero-order valence-electron chi connectivity index (χ0n) is 18.3. The van der Waals surface area contributed by atoms with Gasteiger partial charge in [-0.05, 0) is 68.0 Å². The maximum atomic E-state index is 14.9. The molecule has 0 radical (unpaired) electrons. The predicted octanol–water partition coefficient (Wildman–Crippen LogP) is 2.78. The van der Waals surface area contributed by atoms with Crippen molar-refractivity contribution < 1.29 is 22.7 Å². The lowest BCUT2D eigenvalue weighted by atomic mass is 10.0. The summed E-state index contributed by atoms with van der Waals surface area (Å²) in [5, 5.41) is 9.60. The van der Waals surface area contributed by atoms with E-state index in [2.05, 4.69) is 9.98 Å². The predicted molar refractivity (Wildman–Crippen MR) is 121 cm³/mol. The lowest BCUT2D eigenvalue weighted by Crippen LogP contribution is -2.32. The molecule has 1 aliphatic rings. The van der Waals surface area contributed by atoms with Crippen LogP contribution >= 0.6 is 0 Å². The van der Waals surface area contributed by atoms with Crippen molar-refractivity contribution in [3.63, 3.8) is 0 Å². The summed E-state index contributed by atoms with van der Waals surface area (Å²) in [7, 11) is -2.47. The second kappa shape index (κ2) is 8.40. The molecule has 0 saturated carbocycles. The van der Waals surface area contributed by atoms with E-state index in [1.54, 1.807) is 19.1 Å². The number of hydrogen-bond acceptors (Lipinski definition) is 6. The highest BCUT2D eigenvalue weighted by Gasteiger charge is 2.29. The molecule has 170 valence electrons. The van der Waals surface area contributed by atoms with Crippen molar-refractivity contribution >= 4 is 32.9 Å². The van der Waals surface area contributed by atoms with E-state index in [4.69, 9.17) is 0 Å². The van der Waals surface area contributed by atoms with Crippen LogP contribution in [0.4, 0.5) is 15.9 Å². The zero-order valence-corrected chi connectivity index (χ0v) is 19.1. The zero-order chi connectivity index (χ0) is 23.9. The van der Waals surface area contributed by atoms with Gasteiger partial charge in [0.05, 0.1) is 22.7 Å². The van der Waals surface area contributed by atoms with E-state index in [0.29, 0.717) is 11.5 Å². The minimum atomic E-state index is -4.28. The van der Waals surface area contributed by atoms with Crippen molar-refractivity contribution in [3.8, 4) is 0 Å². The number of carboxylic acid groups (broad SMARTS) is 1. The monoisotopic (exact) mass is 467 g/mol. The van der Waals surface area contributed by atoms with Crippen LogP contribution in [0.2, 0.25) is 0 Å². The first-order chi connectivity index (χ1) is 15.6. The van der Waals surface area contributed by atoms with Crippen molar-refractivity contribution in [2.75, 3.05) is 11.9 Å². The van der Waals surface area contributed by atoms with E-state index in [1.807, 2.05) is 37.1 Å². The minimum Gasteiger partial charge on any atom is -0.481 e. The molecule has 1 aliphatic heterocycles. The number of sulfone groups is 1. The average Bonchev–Trinajstić information content (AvgIpc) is 3.07. The molecular formula is C24H22FN3O4S. The van der Waals surface area contributed by atoms with Crippen molar-refractivity contribution in [3.05, 3.63) is 76.7 Å². The van der Waals surface area contributed by atoms with Gasteiger partial charge in [-0.15, -0.1) is 0 Å². The molecule has 0 amide bonds. The lowest BCUT2D eigenvalue weighted by Gasteiger charge is -2.19. The Balaban J connectivity index is 1.81. The summed E-state index contributed by atoms with van der Waals surface area (Å²) < 4.78 is 41.9. The first-order valence-corrected chi connectivity index (χ1v) is 11.7. The fourth-order valence-electron chi connectivity index (χ4n) is 3.94. The van der Waals surface area contributed by atoms with Crippen LogP contribution < -0.4 is 15.5 Å². The molecule has 9 heteroatoms. The molecule has 0 fully saturated rings. The molecule has 0 saturated heterocycles. The third kappa shape index (κ3) is 4.11. The molecule has 4 rings (SSSR count). The van der Waals surface area contributed by atoms with Gasteiger partial charge >= 0.3 is 5.97 Å². The third-order valence-electron chi connectivity index (χ3n) is 5.61. The Morgan fingerprint density at radius 3 is 2.45 bits per heavy atom. The molecule has 7 nitrogen and oxygen atoms in total. The Hall–Kier alpha value is -3.59. The fourth-order valence-corrected chi connectivity index (χ4v) is 5.50. The number of pyridine rings is 1. The van der Waals surface area contributed by atoms with Crippen LogP contribution in [0.3, 0.4) is 0 Å². The van der Waals surface area contributed by atoms with Crippen LogP contribution in [0, 0.1) is 12.7 Å². The van der Waals surface area contributed by atoms with Crippen molar-refractivity contribution in [1.29, 1.82) is 0 Å². The van der Waals surface area contributed by atoms with E-state index < -0.39 is 39.0 Å². The van der Waals surface area contributed by atoms with E-state index in [1.165, 1.54) is 18.2 Å². The first kappa shape index (κ1) is 22.6. The highest BCUT2D eigenvalue weighted by atomic mass is 32.2. The Morgan fingerprint density at radius 2 is 1.82 bits per heavy atom. The van der Waals surface area contributed by atoms with Gasteiger partial charge in [-0.1, -0.05) is 6.07 Å². The number of carbonyl (C=O) groups is 1. The molecule has 1 unspecified atom stereocenters. The second-order valence-electron chi connectivity index (χ2n) is 7.86. The standard InChI is InChI=1S/C24H22FN3O4S/c1-14-5-4-6-21(26-14)28(3)16-7-9-17(10-8-16)33(31,32)24-19(25)11-12-20-23(24)18(13-22(29)30)15(2)27-20/h4-12,15H,13H2,1-3H3,(H,29,30). The Kier molecular flexibility index (Phi) is 5.75. The van der Waals surface area contributed by atoms with Crippen molar-refractivity contribution in [1.82, 2.24) is 4.98 Å². The third-order valence-corrected chi connectivity index (χ3v) is 7.44. The normalized spacial score (nSPS) is 15.2. The molecule has 33 heavy (non-hydrogen) atoms. The summed E-state index contributed by atoms with van der Waals surface area (Å²) in [5.41, 5.74) is 1.82. The van der Waals surface area contributed by atoms with E-state index in [0.717, 1.165) is 11.8 Å². The van der Waals surface area contributed by atoms with Crippen LogP contribution in [0.5, 0.6) is 0 Å². The molecule has 2 heterocycles. The molecule has 1 aromatic heterocycles. The lowest BCUT2D eigenvalue weighted by molar-refractivity contribution is -0.135. The Morgan fingerprint density at radius 1 is 1.12 bits per heavy atom.